The maximum Gasteiger partial charge on any atom is 0.0624 e. The van der Waals surface area contributed by atoms with Crippen molar-refractivity contribution >= 4 is 11.6 Å². The van der Waals surface area contributed by atoms with E-state index in [0.717, 1.165) is 5.02 Å². The maximum absolute atomic E-state index is 5.89. The summed E-state index contributed by atoms with van der Waals surface area (Å²) < 4.78 is 5.30. The standard InChI is InChI=1S/C10H12ClNO/c11-8-3-1-2-7(4-8)9-5-13-6-10(9)12/h1-4,9-10H,5-6,12H2. The van der Waals surface area contributed by atoms with Crippen molar-refractivity contribution in [3.63, 3.8) is 0 Å². The predicted molar refractivity (Wildman–Crippen MR) is 53.0 cm³/mol. The van der Waals surface area contributed by atoms with Crippen LogP contribution in [-0.4, -0.2) is 19.3 Å². The fourth-order valence-electron chi connectivity index (χ4n) is 1.65. The van der Waals surface area contributed by atoms with E-state index in [0.29, 0.717) is 19.1 Å². The molecule has 2 atom stereocenters. The fourth-order valence-corrected chi connectivity index (χ4v) is 1.85. The molecular weight excluding hydrogens is 186 g/mol. The molecule has 0 saturated carbocycles. The second kappa shape index (κ2) is 3.66. The first-order chi connectivity index (χ1) is 6.27. The molecule has 0 radical (unpaired) electrons. The topological polar surface area (TPSA) is 35.2 Å². The molecule has 1 aliphatic heterocycles. The van der Waals surface area contributed by atoms with E-state index in [4.69, 9.17) is 22.1 Å². The molecule has 0 spiro atoms. The van der Waals surface area contributed by atoms with E-state index in [1.807, 2.05) is 24.3 Å². The normalized spacial score (nSPS) is 27.8. The first kappa shape index (κ1) is 9.00. The Kier molecular flexibility index (Phi) is 2.54. The van der Waals surface area contributed by atoms with Crippen molar-refractivity contribution in [2.75, 3.05) is 13.2 Å². The van der Waals surface area contributed by atoms with Gasteiger partial charge in [0.05, 0.1) is 13.2 Å². The van der Waals surface area contributed by atoms with E-state index in [-0.39, 0.29) is 6.04 Å². The zero-order chi connectivity index (χ0) is 9.26. The van der Waals surface area contributed by atoms with Gasteiger partial charge in [0.1, 0.15) is 0 Å². The number of nitrogens with two attached hydrogens (primary N) is 1. The highest BCUT2D eigenvalue weighted by molar-refractivity contribution is 6.30. The third kappa shape index (κ3) is 1.85. The Morgan fingerprint density at radius 2 is 2.23 bits per heavy atom. The summed E-state index contributed by atoms with van der Waals surface area (Å²) in [6, 6.07) is 7.93. The van der Waals surface area contributed by atoms with Crippen LogP contribution >= 0.6 is 11.6 Å². The average Bonchev–Trinajstić information content (AvgIpc) is 2.51. The highest BCUT2D eigenvalue weighted by Gasteiger charge is 2.26. The molecule has 2 nitrogen and oxygen atoms in total. The van der Waals surface area contributed by atoms with Crippen LogP contribution in [0.3, 0.4) is 0 Å². The summed E-state index contributed by atoms with van der Waals surface area (Å²) in [7, 11) is 0. The zero-order valence-electron chi connectivity index (χ0n) is 7.24. The summed E-state index contributed by atoms with van der Waals surface area (Å²) in [5, 5.41) is 0.761. The molecule has 1 aromatic carbocycles. The van der Waals surface area contributed by atoms with Crippen LogP contribution in [0.2, 0.25) is 5.02 Å². The molecule has 1 saturated heterocycles. The van der Waals surface area contributed by atoms with Gasteiger partial charge >= 0.3 is 0 Å². The Morgan fingerprint density at radius 3 is 2.85 bits per heavy atom. The second-order valence-electron chi connectivity index (χ2n) is 3.36. The van der Waals surface area contributed by atoms with Gasteiger partial charge in [0.25, 0.3) is 0 Å². The van der Waals surface area contributed by atoms with E-state index in [1.54, 1.807) is 0 Å². The summed E-state index contributed by atoms with van der Waals surface area (Å²) in [6.45, 7) is 1.36. The molecule has 2 unspecified atom stereocenters. The smallest absolute Gasteiger partial charge is 0.0624 e. The van der Waals surface area contributed by atoms with Crippen molar-refractivity contribution in [2.45, 2.75) is 12.0 Å². The first-order valence-electron chi connectivity index (χ1n) is 4.36. The number of benzene rings is 1. The predicted octanol–water partition coefficient (Wildman–Crippen LogP) is 1.78. The van der Waals surface area contributed by atoms with Crippen LogP contribution in [0.4, 0.5) is 0 Å². The number of halogens is 1. The van der Waals surface area contributed by atoms with Gasteiger partial charge in [0.15, 0.2) is 0 Å². The molecule has 1 aromatic rings. The van der Waals surface area contributed by atoms with Crippen LogP contribution in [0.15, 0.2) is 24.3 Å². The van der Waals surface area contributed by atoms with Crippen molar-refractivity contribution in [2.24, 2.45) is 5.73 Å². The maximum atomic E-state index is 5.89. The van der Waals surface area contributed by atoms with Gasteiger partial charge in [-0.1, -0.05) is 23.7 Å². The van der Waals surface area contributed by atoms with E-state index in [2.05, 4.69) is 0 Å². The van der Waals surface area contributed by atoms with E-state index in [1.165, 1.54) is 5.56 Å². The van der Waals surface area contributed by atoms with Crippen LogP contribution in [-0.2, 0) is 4.74 Å². The molecule has 70 valence electrons. The van der Waals surface area contributed by atoms with Gasteiger partial charge in [-0.05, 0) is 17.7 Å². The molecular formula is C10H12ClNO. The Morgan fingerprint density at radius 1 is 1.38 bits per heavy atom. The molecule has 13 heavy (non-hydrogen) atoms. The SMILES string of the molecule is NC1COCC1c1cccc(Cl)c1. The van der Waals surface area contributed by atoms with Crippen molar-refractivity contribution in [1.82, 2.24) is 0 Å². The van der Waals surface area contributed by atoms with Gasteiger partial charge < -0.3 is 10.5 Å². The van der Waals surface area contributed by atoms with Gasteiger partial charge in [-0.25, -0.2) is 0 Å². The highest BCUT2D eigenvalue weighted by atomic mass is 35.5. The van der Waals surface area contributed by atoms with E-state index >= 15 is 0 Å². The molecule has 1 heterocycles. The lowest BCUT2D eigenvalue weighted by Gasteiger charge is -2.13. The summed E-state index contributed by atoms with van der Waals surface area (Å²) in [5.41, 5.74) is 7.07. The summed E-state index contributed by atoms with van der Waals surface area (Å²) in [6.07, 6.45) is 0. The van der Waals surface area contributed by atoms with Gasteiger partial charge in [-0.2, -0.15) is 0 Å². The van der Waals surface area contributed by atoms with Crippen molar-refractivity contribution < 1.29 is 4.74 Å². The van der Waals surface area contributed by atoms with Crippen molar-refractivity contribution in [3.05, 3.63) is 34.9 Å². The monoisotopic (exact) mass is 197 g/mol. The van der Waals surface area contributed by atoms with Crippen LogP contribution < -0.4 is 5.73 Å². The highest BCUT2D eigenvalue weighted by Crippen LogP contribution is 2.26. The fraction of sp³-hybridized carbons (Fsp3) is 0.400. The summed E-state index contributed by atoms with van der Waals surface area (Å²) in [4.78, 5) is 0. The quantitative estimate of drug-likeness (QED) is 0.745. The van der Waals surface area contributed by atoms with Gasteiger partial charge in [0, 0.05) is 17.0 Å². The lowest BCUT2D eigenvalue weighted by Crippen LogP contribution is -2.26. The minimum Gasteiger partial charge on any atom is -0.379 e. The van der Waals surface area contributed by atoms with E-state index < -0.39 is 0 Å². The first-order valence-corrected chi connectivity index (χ1v) is 4.74. The van der Waals surface area contributed by atoms with Gasteiger partial charge in [-0.3, -0.25) is 0 Å². The number of hydrogen-bond acceptors (Lipinski definition) is 2. The third-order valence-corrected chi connectivity index (χ3v) is 2.64. The minimum atomic E-state index is 0.110. The number of ether oxygens (including phenoxy) is 1. The molecule has 1 aliphatic rings. The Balaban J connectivity index is 2.24. The lowest BCUT2D eigenvalue weighted by atomic mass is 9.95. The average molecular weight is 198 g/mol. The van der Waals surface area contributed by atoms with Crippen LogP contribution in [0.5, 0.6) is 0 Å². The molecule has 1 fully saturated rings. The summed E-state index contributed by atoms with van der Waals surface area (Å²) >= 11 is 5.89. The summed E-state index contributed by atoms with van der Waals surface area (Å²) in [5.74, 6) is 0.304. The van der Waals surface area contributed by atoms with Crippen molar-refractivity contribution in [1.29, 1.82) is 0 Å². The largest absolute Gasteiger partial charge is 0.379 e. The van der Waals surface area contributed by atoms with Gasteiger partial charge in [0.2, 0.25) is 0 Å². The van der Waals surface area contributed by atoms with Crippen LogP contribution in [0, 0.1) is 0 Å². The number of rotatable bonds is 1. The van der Waals surface area contributed by atoms with Crippen LogP contribution in [0.1, 0.15) is 11.5 Å². The third-order valence-electron chi connectivity index (χ3n) is 2.40. The molecule has 0 amide bonds. The minimum absolute atomic E-state index is 0.110. The molecule has 3 heteroatoms. The van der Waals surface area contributed by atoms with Gasteiger partial charge in [-0.15, -0.1) is 0 Å². The molecule has 2 N–H and O–H groups in total. The molecule has 0 aliphatic carbocycles. The van der Waals surface area contributed by atoms with Crippen molar-refractivity contribution in [3.8, 4) is 0 Å². The second-order valence-corrected chi connectivity index (χ2v) is 3.80. The van der Waals surface area contributed by atoms with Crippen LogP contribution in [0.25, 0.3) is 0 Å². The molecule has 0 bridgehead atoms. The number of hydrogen-bond donors (Lipinski definition) is 1. The molecule has 2 rings (SSSR count). The molecule has 0 aromatic heterocycles. The Labute approximate surface area is 82.6 Å². The zero-order valence-corrected chi connectivity index (χ0v) is 8.00. The lowest BCUT2D eigenvalue weighted by molar-refractivity contribution is 0.191. The Hall–Kier alpha value is -0.570. The van der Waals surface area contributed by atoms with E-state index in [9.17, 15) is 0 Å². The Bertz CT molecular complexity index is 303.